The number of nitrogens with two attached hydrogens (primary N) is 1. The van der Waals surface area contributed by atoms with Crippen LogP contribution in [0.15, 0.2) is 42.0 Å². The van der Waals surface area contributed by atoms with E-state index >= 15 is 0 Å². The normalized spacial score (nSPS) is 13.0. The summed E-state index contributed by atoms with van der Waals surface area (Å²) in [4.78, 5) is 1.32. The minimum atomic E-state index is 0.301. The monoisotopic (exact) mass is 192 g/mol. The third kappa shape index (κ3) is 1.66. The second-order valence-electron chi connectivity index (χ2n) is 2.90. The van der Waals surface area contributed by atoms with E-state index in [2.05, 4.69) is 34.5 Å². The summed E-state index contributed by atoms with van der Waals surface area (Å²) >= 11 is 1.75. The standard InChI is InChI=1S/C10H12N2S/c11-8-9(10-4-3-7-13-10)12-5-1-2-6-12/h1-7,9H,8,11H2/t9-/m1/s1. The first-order valence-electron chi connectivity index (χ1n) is 4.27. The molecule has 2 aromatic rings. The van der Waals surface area contributed by atoms with Crippen LogP contribution in [0, 0.1) is 0 Å². The zero-order chi connectivity index (χ0) is 9.10. The fourth-order valence-corrected chi connectivity index (χ4v) is 2.27. The molecule has 3 heteroatoms. The molecule has 2 heterocycles. The zero-order valence-corrected chi connectivity index (χ0v) is 8.08. The van der Waals surface area contributed by atoms with E-state index in [9.17, 15) is 0 Å². The van der Waals surface area contributed by atoms with Gasteiger partial charge in [0.1, 0.15) is 0 Å². The first-order valence-corrected chi connectivity index (χ1v) is 5.15. The van der Waals surface area contributed by atoms with Crippen molar-refractivity contribution in [3.63, 3.8) is 0 Å². The van der Waals surface area contributed by atoms with Crippen molar-refractivity contribution in [3.05, 3.63) is 46.9 Å². The van der Waals surface area contributed by atoms with Crippen LogP contribution in [-0.2, 0) is 0 Å². The molecule has 0 spiro atoms. The summed E-state index contributed by atoms with van der Waals surface area (Å²) in [6, 6.07) is 8.54. The van der Waals surface area contributed by atoms with Crippen LogP contribution < -0.4 is 5.73 Å². The Hall–Kier alpha value is -1.06. The summed E-state index contributed by atoms with van der Waals surface area (Å²) in [5, 5.41) is 2.08. The summed E-state index contributed by atoms with van der Waals surface area (Å²) in [6.07, 6.45) is 4.11. The van der Waals surface area contributed by atoms with Gasteiger partial charge in [0.15, 0.2) is 0 Å². The Bertz CT molecular complexity index is 303. The molecule has 2 N–H and O–H groups in total. The average molecular weight is 192 g/mol. The molecule has 0 aliphatic heterocycles. The largest absolute Gasteiger partial charge is 0.345 e. The molecule has 0 unspecified atom stereocenters. The molecule has 13 heavy (non-hydrogen) atoms. The molecule has 0 aliphatic carbocycles. The van der Waals surface area contributed by atoms with Gasteiger partial charge in [0.2, 0.25) is 0 Å². The van der Waals surface area contributed by atoms with Crippen molar-refractivity contribution in [2.75, 3.05) is 6.54 Å². The van der Waals surface area contributed by atoms with Crippen LogP contribution in [0.3, 0.4) is 0 Å². The Morgan fingerprint density at radius 2 is 2.08 bits per heavy atom. The van der Waals surface area contributed by atoms with Crippen molar-refractivity contribution in [1.29, 1.82) is 0 Å². The van der Waals surface area contributed by atoms with E-state index in [4.69, 9.17) is 5.73 Å². The highest BCUT2D eigenvalue weighted by Gasteiger charge is 2.10. The van der Waals surface area contributed by atoms with Crippen LogP contribution in [-0.4, -0.2) is 11.1 Å². The third-order valence-electron chi connectivity index (χ3n) is 2.08. The first kappa shape index (κ1) is 8.53. The quantitative estimate of drug-likeness (QED) is 0.793. The van der Waals surface area contributed by atoms with Crippen LogP contribution >= 0.6 is 11.3 Å². The summed E-state index contributed by atoms with van der Waals surface area (Å²) in [5.74, 6) is 0. The average Bonchev–Trinajstić information content (AvgIpc) is 2.76. The lowest BCUT2D eigenvalue weighted by molar-refractivity contribution is 0.608. The van der Waals surface area contributed by atoms with Gasteiger partial charge in [0.25, 0.3) is 0 Å². The lowest BCUT2D eigenvalue weighted by Gasteiger charge is -2.14. The smallest absolute Gasteiger partial charge is 0.0794 e. The number of hydrogen-bond donors (Lipinski definition) is 1. The van der Waals surface area contributed by atoms with Crippen LogP contribution in [0.2, 0.25) is 0 Å². The lowest BCUT2D eigenvalue weighted by atomic mass is 10.2. The molecule has 0 bridgehead atoms. The molecular formula is C10H12N2S. The van der Waals surface area contributed by atoms with E-state index < -0.39 is 0 Å². The minimum absolute atomic E-state index is 0.301. The predicted octanol–water partition coefficient (Wildman–Crippen LogP) is 2.10. The molecular weight excluding hydrogens is 180 g/mol. The number of hydrogen-bond acceptors (Lipinski definition) is 2. The van der Waals surface area contributed by atoms with Gasteiger partial charge in [-0.1, -0.05) is 6.07 Å². The van der Waals surface area contributed by atoms with Crippen molar-refractivity contribution in [2.24, 2.45) is 5.73 Å². The molecule has 0 radical (unpaired) electrons. The second-order valence-corrected chi connectivity index (χ2v) is 3.88. The summed E-state index contributed by atoms with van der Waals surface area (Å²) in [7, 11) is 0. The Labute approximate surface area is 81.6 Å². The molecule has 0 amide bonds. The number of rotatable bonds is 3. The number of nitrogens with zero attached hydrogens (tertiary/aromatic N) is 1. The van der Waals surface area contributed by atoms with Crippen LogP contribution in [0.1, 0.15) is 10.9 Å². The maximum atomic E-state index is 5.74. The van der Waals surface area contributed by atoms with Crippen LogP contribution in [0.25, 0.3) is 0 Å². The van der Waals surface area contributed by atoms with Crippen molar-refractivity contribution in [3.8, 4) is 0 Å². The van der Waals surface area contributed by atoms with Gasteiger partial charge in [-0.05, 0) is 23.6 Å². The van der Waals surface area contributed by atoms with E-state index in [1.165, 1.54) is 4.88 Å². The van der Waals surface area contributed by atoms with E-state index in [-0.39, 0.29) is 0 Å². The lowest BCUT2D eigenvalue weighted by Crippen LogP contribution is -2.17. The van der Waals surface area contributed by atoms with Gasteiger partial charge in [0.05, 0.1) is 6.04 Å². The SMILES string of the molecule is NC[C@H](c1cccs1)n1cccc1. The number of thiophene rings is 1. The van der Waals surface area contributed by atoms with E-state index in [1.807, 2.05) is 12.1 Å². The highest BCUT2D eigenvalue weighted by Crippen LogP contribution is 2.21. The summed E-state index contributed by atoms with van der Waals surface area (Å²) in [5.41, 5.74) is 5.74. The molecule has 2 rings (SSSR count). The Morgan fingerprint density at radius 3 is 2.62 bits per heavy atom. The van der Waals surface area contributed by atoms with Gasteiger partial charge >= 0.3 is 0 Å². The van der Waals surface area contributed by atoms with Gasteiger partial charge in [-0.3, -0.25) is 0 Å². The van der Waals surface area contributed by atoms with Crippen LogP contribution in [0.4, 0.5) is 0 Å². The van der Waals surface area contributed by atoms with Gasteiger partial charge in [-0.25, -0.2) is 0 Å². The van der Waals surface area contributed by atoms with Gasteiger partial charge < -0.3 is 10.3 Å². The molecule has 1 atom stereocenters. The second kappa shape index (κ2) is 3.77. The Kier molecular flexibility index (Phi) is 2.47. The molecule has 0 aliphatic rings. The number of aromatic nitrogens is 1. The van der Waals surface area contributed by atoms with Crippen molar-refractivity contribution in [1.82, 2.24) is 4.57 Å². The highest BCUT2D eigenvalue weighted by atomic mass is 32.1. The summed E-state index contributed by atoms with van der Waals surface area (Å²) in [6.45, 7) is 0.648. The van der Waals surface area contributed by atoms with E-state index in [1.54, 1.807) is 11.3 Å². The molecule has 0 saturated heterocycles. The predicted molar refractivity (Wildman–Crippen MR) is 55.9 cm³/mol. The molecule has 68 valence electrons. The fraction of sp³-hybridized carbons (Fsp3) is 0.200. The summed E-state index contributed by atoms with van der Waals surface area (Å²) < 4.78 is 2.14. The van der Waals surface area contributed by atoms with E-state index in [0.717, 1.165) is 0 Å². The molecule has 2 aromatic heterocycles. The topological polar surface area (TPSA) is 30.9 Å². The molecule has 2 nitrogen and oxygen atoms in total. The molecule has 0 fully saturated rings. The Morgan fingerprint density at radius 1 is 1.31 bits per heavy atom. The van der Waals surface area contributed by atoms with Crippen molar-refractivity contribution in [2.45, 2.75) is 6.04 Å². The Balaban J connectivity index is 2.29. The molecule has 0 saturated carbocycles. The van der Waals surface area contributed by atoms with Crippen molar-refractivity contribution < 1.29 is 0 Å². The van der Waals surface area contributed by atoms with Gasteiger partial charge in [-0.15, -0.1) is 11.3 Å². The zero-order valence-electron chi connectivity index (χ0n) is 7.26. The minimum Gasteiger partial charge on any atom is -0.345 e. The maximum Gasteiger partial charge on any atom is 0.0794 e. The molecule has 0 aromatic carbocycles. The fourth-order valence-electron chi connectivity index (χ4n) is 1.42. The first-order chi connectivity index (χ1) is 6.42. The van der Waals surface area contributed by atoms with Crippen LogP contribution in [0.5, 0.6) is 0 Å². The maximum absolute atomic E-state index is 5.74. The van der Waals surface area contributed by atoms with E-state index in [0.29, 0.717) is 12.6 Å². The highest BCUT2D eigenvalue weighted by molar-refractivity contribution is 7.10. The third-order valence-corrected chi connectivity index (χ3v) is 3.06. The van der Waals surface area contributed by atoms with Gasteiger partial charge in [-0.2, -0.15) is 0 Å². The van der Waals surface area contributed by atoms with Gasteiger partial charge in [0, 0.05) is 23.8 Å². The van der Waals surface area contributed by atoms with Crippen molar-refractivity contribution >= 4 is 11.3 Å².